The lowest BCUT2D eigenvalue weighted by molar-refractivity contribution is -0.584. The van der Waals surface area contributed by atoms with Crippen LogP contribution in [0.25, 0.3) is 11.2 Å². The summed E-state index contributed by atoms with van der Waals surface area (Å²) in [5.74, 6) is 0.354. The largest absolute Gasteiger partial charge is 0.740 e. The predicted molar refractivity (Wildman–Crippen MR) is 61.6 cm³/mol. The van der Waals surface area contributed by atoms with Gasteiger partial charge in [-0.3, -0.25) is 0 Å². The third kappa shape index (κ3) is 1.49. The summed E-state index contributed by atoms with van der Waals surface area (Å²) in [6.45, 7) is 4.93. The number of rotatable bonds is 4. The molecule has 2 rings (SSSR count). The van der Waals surface area contributed by atoms with Gasteiger partial charge < -0.3 is 26.3 Å². The van der Waals surface area contributed by atoms with Crippen molar-refractivity contribution in [1.82, 2.24) is 9.46 Å². The van der Waals surface area contributed by atoms with Crippen LogP contribution in [0.5, 0.6) is 0 Å². The van der Waals surface area contributed by atoms with Crippen LogP contribution >= 0.6 is 0 Å². The van der Waals surface area contributed by atoms with E-state index < -0.39 is 0 Å². The van der Waals surface area contributed by atoms with Crippen LogP contribution < -0.4 is 15.4 Å². The van der Waals surface area contributed by atoms with Gasteiger partial charge in [-0.05, 0) is 13.8 Å². The lowest BCUT2D eigenvalue weighted by atomic mass is 10.4. The number of aromatic nitrogens is 3. The van der Waals surface area contributed by atoms with Gasteiger partial charge in [0, 0.05) is 13.1 Å². The van der Waals surface area contributed by atoms with Crippen LogP contribution in [0.1, 0.15) is 13.8 Å². The lowest BCUT2D eigenvalue weighted by Crippen LogP contribution is -2.26. The molecule has 2 heterocycles. The molecule has 0 saturated carbocycles. The molecule has 0 saturated heterocycles. The van der Waals surface area contributed by atoms with E-state index in [1.807, 2.05) is 13.8 Å². The highest BCUT2D eigenvalue weighted by Crippen LogP contribution is 2.32. The fourth-order valence-electron chi connectivity index (χ4n) is 1.84. The normalized spacial score (nSPS) is 10.9. The van der Waals surface area contributed by atoms with Crippen LogP contribution in [0.4, 0.5) is 11.5 Å². The molecule has 0 amide bonds. The molecule has 17 heavy (non-hydrogen) atoms. The van der Waals surface area contributed by atoms with Gasteiger partial charge in [-0.1, -0.05) is 9.46 Å². The van der Waals surface area contributed by atoms with Crippen LogP contribution in [-0.2, 0) is 0 Å². The first-order valence-electron chi connectivity index (χ1n) is 5.36. The van der Waals surface area contributed by atoms with Gasteiger partial charge in [0.1, 0.15) is 5.69 Å². The maximum Gasteiger partial charge on any atom is 0.313 e. The summed E-state index contributed by atoms with van der Waals surface area (Å²) in [5.41, 5.74) is 0.698. The molecule has 2 aromatic heterocycles. The average Bonchev–Trinajstić information content (AvgIpc) is 2.71. The molecule has 8 nitrogen and oxygen atoms in total. The molecule has 0 unspecified atom stereocenters. The number of anilines is 2. The maximum absolute atomic E-state index is 11.5. The fourth-order valence-corrected chi connectivity index (χ4v) is 1.84. The fraction of sp³-hybridized carbons (Fsp3) is 0.444. The number of fused-ring (bicyclic) bond motifs is 1. The Hall–Kier alpha value is -2.25. The van der Waals surface area contributed by atoms with E-state index in [0.29, 0.717) is 34.1 Å². The Bertz CT molecular complexity index is 545. The second kappa shape index (κ2) is 3.96. The third-order valence-electron chi connectivity index (χ3n) is 2.45. The van der Waals surface area contributed by atoms with Gasteiger partial charge >= 0.3 is 5.65 Å². The van der Waals surface area contributed by atoms with Gasteiger partial charge in [0.15, 0.2) is 0 Å². The van der Waals surface area contributed by atoms with Crippen molar-refractivity contribution >= 4 is 22.7 Å². The molecule has 0 aliphatic rings. The summed E-state index contributed by atoms with van der Waals surface area (Å²) in [5, 5.41) is 36.9. The van der Waals surface area contributed by atoms with Crippen LogP contribution in [0.2, 0.25) is 0 Å². The Labute approximate surface area is 97.2 Å². The van der Waals surface area contributed by atoms with E-state index in [2.05, 4.69) is 10.6 Å². The molecule has 0 spiro atoms. The highest BCUT2D eigenvalue weighted by molar-refractivity contribution is 5.94. The van der Waals surface area contributed by atoms with Crippen molar-refractivity contribution in [3.05, 3.63) is 11.5 Å². The molecule has 0 atom stereocenters. The molecule has 0 radical (unpaired) electrons. The number of hydrogen-bond acceptors (Lipinski definition) is 5. The molecule has 0 fully saturated rings. The predicted octanol–water partition coefficient (Wildman–Crippen LogP) is 0.414. The van der Waals surface area contributed by atoms with Crippen molar-refractivity contribution in [2.45, 2.75) is 13.8 Å². The number of nitrogens with one attached hydrogen (secondary N) is 2. The van der Waals surface area contributed by atoms with E-state index in [-0.39, 0.29) is 11.2 Å². The van der Waals surface area contributed by atoms with E-state index in [0.717, 1.165) is 11.1 Å². The standard InChI is InChI=1S/C9H15N5O3/c1-3-10-6-7-9(13(16)5-12(7)15)14(17)8(6)11-4-2/h5,10-11,15,17H,3-4H2,1-2H3. The first-order valence-corrected chi connectivity index (χ1v) is 5.36. The first kappa shape index (κ1) is 11.2. The van der Waals surface area contributed by atoms with Crippen LogP contribution in [-0.4, -0.2) is 33.0 Å². The molecule has 0 bridgehead atoms. The van der Waals surface area contributed by atoms with Crippen molar-refractivity contribution in [3.63, 3.8) is 0 Å². The Balaban J connectivity index is 2.74. The van der Waals surface area contributed by atoms with Crippen molar-refractivity contribution in [1.29, 1.82) is 0 Å². The molecule has 4 N–H and O–H groups in total. The highest BCUT2D eigenvalue weighted by atomic mass is 16.5. The van der Waals surface area contributed by atoms with Gasteiger partial charge in [0.2, 0.25) is 17.7 Å². The first-order chi connectivity index (χ1) is 8.11. The van der Waals surface area contributed by atoms with Gasteiger partial charge in [0.25, 0.3) is 0 Å². The minimum Gasteiger partial charge on any atom is -0.740 e. The molecule has 0 aliphatic carbocycles. The van der Waals surface area contributed by atoms with E-state index in [9.17, 15) is 15.6 Å². The highest BCUT2D eigenvalue weighted by Gasteiger charge is 2.28. The smallest absolute Gasteiger partial charge is 0.313 e. The SMILES string of the molecule is CCNc1c(NCC)n(O)c2c1n(O)c[n+]2[O-]. The van der Waals surface area contributed by atoms with Crippen LogP contribution in [0.3, 0.4) is 0 Å². The topological polar surface area (TPSA) is 101 Å². The van der Waals surface area contributed by atoms with Gasteiger partial charge in [0.05, 0.1) is 0 Å². The van der Waals surface area contributed by atoms with Crippen LogP contribution in [0.15, 0.2) is 6.33 Å². The Morgan fingerprint density at radius 2 is 1.94 bits per heavy atom. The van der Waals surface area contributed by atoms with E-state index in [1.54, 1.807) is 0 Å². The minimum absolute atomic E-state index is 0.0283. The second-order valence-corrected chi connectivity index (χ2v) is 3.55. The summed E-state index contributed by atoms with van der Waals surface area (Å²) in [6, 6.07) is 0. The minimum atomic E-state index is -0.0283. The van der Waals surface area contributed by atoms with Crippen molar-refractivity contribution < 1.29 is 15.1 Å². The zero-order valence-electron chi connectivity index (χ0n) is 9.64. The molecule has 0 aromatic carbocycles. The molecular formula is C9H15N5O3. The zero-order valence-corrected chi connectivity index (χ0v) is 9.64. The summed E-state index contributed by atoms with van der Waals surface area (Å²) < 4.78 is 1.82. The van der Waals surface area contributed by atoms with Gasteiger partial charge in [-0.2, -0.15) is 0 Å². The van der Waals surface area contributed by atoms with E-state index >= 15 is 0 Å². The summed E-state index contributed by atoms with van der Waals surface area (Å²) in [4.78, 5) is 0. The van der Waals surface area contributed by atoms with E-state index in [4.69, 9.17) is 0 Å². The van der Waals surface area contributed by atoms with E-state index in [1.165, 1.54) is 0 Å². The maximum atomic E-state index is 11.5. The lowest BCUT2D eigenvalue weighted by Gasteiger charge is -2.05. The monoisotopic (exact) mass is 241 g/mol. The summed E-state index contributed by atoms with van der Waals surface area (Å²) >= 11 is 0. The molecule has 94 valence electrons. The van der Waals surface area contributed by atoms with Crippen molar-refractivity contribution in [3.8, 4) is 0 Å². The average molecular weight is 241 g/mol. The number of nitrogens with zero attached hydrogens (tertiary/aromatic N) is 3. The number of imidazole rings is 1. The Kier molecular flexibility index (Phi) is 2.62. The second-order valence-electron chi connectivity index (χ2n) is 3.55. The summed E-state index contributed by atoms with van der Waals surface area (Å²) in [6.07, 6.45) is 0.938. The molecule has 2 aromatic rings. The molecular weight excluding hydrogens is 226 g/mol. The van der Waals surface area contributed by atoms with Crippen molar-refractivity contribution in [2.75, 3.05) is 23.7 Å². The van der Waals surface area contributed by atoms with Crippen molar-refractivity contribution in [2.24, 2.45) is 0 Å². The summed E-state index contributed by atoms with van der Waals surface area (Å²) in [7, 11) is 0. The van der Waals surface area contributed by atoms with Gasteiger partial charge in [-0.25, -0.2) is 4.73 Å². The number of hydrogen-bond donors (Lipinski definition) is 4. The van der Waals surface area contributed by atoms with Crippen LogP contribution in [0, 0.1) is 5.21 Å². The Morgan fingerprint density at radius 3 is 2.53 bits per heavy atom. The van der Waals surface area contributed by atoms with Gasteiger partial charge in [-0.15, -0.1) is 0 Å². The third-order valence-corrected chi connectivity index (χ3v) is 2.45. The quantitative estimate of drug-likeness (QED) is 0.353. The Morgan fingerprint density at radius 1 is 1.29 bits per heavy atom. The zero-order chi connectivity index (χ0) is 12.6. The molecule has 0 aliphatic heterocycles. The molecule has 8 heteroatoms.